The number of aryl methyl sites for hydroxylation is 1. The number of aromatic amines is 1. The molecule has 0 spiro atoms. The van der Waals surface area contributed by atoms with Gasteiger partial charge in [0.05, 0.1) is 28.9 Å². The number of halogens is 1. The largest absolute Gasteiger partial charge is 0.400 e. The first kappa shape index (κ1) is 38.5. The van der Waals surface area contributed by atoms with Crippen LogP contribution in [0.25, 0.3) is 16.6 Å². The Labute approximate surface area is 275 Å². The first-order valence-electron chi connectivity index (χ1n) is 16.6. The number of H-pyrrole nitrogens is 1. The highest BCUT2D eigenvalue weighted by Crippen LogP contribution is 2.35. The lowest BCUT2D eigenvalue weighted by atomic mass is 9.82. The Kier molecular flexibility index (Phi) is 14.9. The van der Waals surface area contributed by atoms with Crippen LogP contribution in [0.3, 0.4) is 0 Å². The Morgan fingerprint density at radius 1 is 1.26 bits per heavy atom. The van der Waals surface area contributed by atoms with E-state index in [1.54, 1.807) is 27.2 Å². The number of amides is 1. The van der Waals surface area contributed by atoms with Crippen molar-refractivity contribution >= 4 is 28.2 Å². The van der Waals surface area contributed by atoms with Crippen LogP contribution >= 0.6 is 0 Å². The third-order valence-corrected chi connectivity index (χ3v) is 8.97. The van der Waals surface area contributed by atoms with Gasteiger partial charge in [-0.15, -0.1) is 0 Å². The number of ether oxygens (including phenoxy) is 1. The molecule has 9 heteroatoms. The van der Waals surface area contributed by atoms with E-state index in [0.717, 1.165) is 65.4 Å². The number of carbonyl (C=O) groups excluding carboxylic acids is 1. The predicted octanol–water partition coefficient (Wildman–Crippen LogP) is 8.31. The van der Waals surface area contributed by atoms with Crippen LogP contribution in [0.15, 0.2) is 63.8 Å². The molecule has 46 heavy (non-hydrogen) atoms. The lowest BCUT2D eigenvalue weighted by Gasteiger charge is -2.38. The lowest BCUT2D eigenvalue weighted by molar-refractivity contribution is -0.120. The zero-order valence-electron chi connectivity index (χ0n) is 29.7. The minimum absolute atomic E-state index is 0.141. The Bertz CT molecular complexity index is 1500. The monoisotopic (exact) mass is 636 g/mol. The lowest BCUT2D eigenvalue weighted by Crippen LogP contribution is -2.43. The number of rotatable bonds is 12. The van der Waals surface area contributed by atoms with Gasteiger partial charge in [-0.2, -0.15) is 5.10 Å². The first-order valence-corrected chi connectivity index (χ1v) is 16.6. The molecule has 6 N–H and O–H groups in total. The summed E-state index contributed by atoms with van der Waals surface area (Å²) < 4.78 is 20.9. The van der Waals surface area contributed by atoms with E-state index in [-0.39, 0.29) is 23.2 Å². The molecule has 3 rings (SSSR count). The van der Waals surface area contributed by atoms with Crippen molar-refractivity contribution in [3.8, 4) is 0 Å². The minimum atomic E-state index is -0.780. The van der Waals surface area contributed by atoms with Gasteiger partial charge in [-0.3, -0.25) is 14.9 Å². The highest BCUT2D eigenvalue weighted by Gasteiger charge is 2.33. The Morgan fingerprint density at radius 2 is 1.93 bits per heavy atom. The quantitative estimate of drug-likeness (QED) is 0.137. The minimum Gasteiger partial charge on any atom is -0.400 e. The summed E-state index contributed by atoms with van der Waals surface area (Å²) >= 11 is 0. The van der Waals surface area contributed by atoms with Gasteiger partial charge >= 0.3 is 0 Å². The summed E-state index contributed by atoms with van der Waals surface area (Å²) in [4.78, 5) is 17.3. The van der Waals surface area contributed by atoms with Crippen LogP contribution in [0.1, 0.15) is 111 Å². The molecule has 0 radical (unpaired) electrons. The maximum atomic E-state index is 15.1. The summed E-state index contributed by atoms with van der Waals surface area (Å²) in [5.74, 6) is -1.73. The van der Waals surface area contributed by atoms with Crippen molar-refractivity contribution in [2.45, 2.75) is 119 Å². The number of hydrogen-bond acceptors (Lipinski definition) is 6. The zero-order chi connectivity index (χ0) is 34.6. The van der Waals surface area contributed by atoms with Gasteiger partial charge in [0.25, 0.3) is 0 Å². The van der Waals surface area contributed by atoms with E-state index in [1.807, 2.05) is 32.9 Å². The average molecular weight is 637 g/mol. The van der Waals surface area contributed by atoms with Crippen LogP contribution in [-0.4, -0.2) is 40.6 Å². The highest BCUT2D eigenvalue weighted by molar-refractivity contribution is 6.07. The number of aromatic nitrogens is 2. The number of benzene rings is 1. The van der Waals surface area contributed by atoms with E-state index in [0.29, 0.717) is 17.0 Å². The third-order valence-electron chi connectivity index (χ3n) is 8.97. The van der Waals surface area contributed by atoms with E-state index in [4.69, 9.17) is 21.2 Å². The zero-order valence-corrected chi connectivity index (χ0v) is 29.7. The van der Waals surface area contributed by atoms with Gasteiger partial charge < -0.3 is 21.5 Å². The fraction of sp³-hybridized carbons (Fsp3) is 0.541. The van der Waals surface area contributed by atoms with Crippen LogP contribution in [0.2, 0.25) is 0 Å². The molecular weight excluding hydrogens is 579 g/mol. The maximum absolute atomic E-state index is 15.1. The number of nitrogens with zero attached hydrogens (tertiary/aromatic N) is 2. The molecule has 0 bridgehead atoms. The number of primary amides is 1. The number of aliphatic imine (C=N–C) groups is 1. The molecule has 3 atom stereocenters. The van der Waals surface area contributed by atoms with E-state index in [1.165, 1.54) is 25.0 Å². The second kappa shape index (κ2) is 17.8. The van der Waals surface area contributed by atoms with Crippen LogP contribution in [-0.2, 0) is 9.53 Å². The normalized spacial score (nSPS) is 21.2. The third kappa shape index (κ3) is 9.89. The summed E-state index contributed by atoms with van der Waals surface area (Å²) in [5.41, 5.74) is 18.3. The summed E-state index contributed by atoms with van der Waals surface area (Å²) in [6.07, 6.45) is 11.9. The van der Waals surface area contributed by atoms with Crippen molar-refractivity contribution in [2.24, 2.45) is 22.4 Å². The molecule has 1 fully saturated rings. The van der Waals surface area contributed by atoms with Crippen molar-refractivity contribution in [1.82, 2.24) is 15.5 Å². The number of allylic oxidation sites excluding steroid dienone is 5. The van der Waals surface area contributed by atoms with Crippen LogP contribution in [0, 0.1) is 12.8 Å². The van der Waals surface area contributed by atoms with Crippen LogP contribution in [0.5, 0.6) is 0 Å². The number of nitrogens with two attached hydrogens (primary N) is 2. The van der Waals surface area contributed by atoms with Crippen molar-refractivity contribution in [3.63, 3.8) is 0 Å². The fourth-order valence-corrected chi connectivity index (χ4v) is 5.44. The standard InChI is InChI=1S/C33H47FN6O2.C4H10/c1-9-19(3)30(39-24-12-11-15-33(7,17-24)42-8)25(16-23(34)10-2)22(6)38-31(29(35)21(5)32(36)41)28-20(4)13-14-27-26(28)18-37-40-27;1-3-4-2/h10,13-14,16,18,21,24,39H,9,11-12,15,17,35H2,1-8H3,(H2,36,41)(H,37,40);3-4H2,1-2H3/b23-10+,25-16-,30-19-,31-29+,38-22+;/t21?,24-,33?;/m0./s1. The number of carbonyl (C=O) groups is 1. The van der Waals surface area contributed by atoms with Gasteiger partial charge in [0.15, 0.2) is 0 Å². The van der Waals surface area contributed by atoms with Gasteiger partial charge in [0.2, 0.25) is 5.91 Å². The molecule has 2 unspecified atom stereocenters. The number of methoxy groups -OCH3 is 1. The number of unbranched alkanes of at least 4 members (excludes halogenated alkanes) is 1. The van der Waals surface area contributed by atoms with E-state index in [2.05, 4.69) is 43.2 Å². The van der Waals surface area contributed by atoms with E-state index >= 15 is 4.39 Å². The number of hydrogen-bond donors (Lipinski definition) is 4. The molecule has 2 aromatic rings. The van der Waals surface area contributed by atoms with E-state index in [9.17, 15) is 4.79 Å². The van der Waals surface area contributed by atoms with Gasteiger partial charge in [-0.05, 0) is 96.9 Å². The first-order chi connectivity index (χ1) is 21.8. The van der Waals surface area contributed by atoms with Gasteiger partial charge in [-0.1, -0.05) is 45.8 Å². The fourth-order valence-electron chi connectivity index (χ4n) is 5.44. The second-order valence-electron chi connectivity index (χ2n) is 12.5. The van der Waals surface area contributed by atoms with Crippen LogP contribution < -0.4 is 16.8 Å². The van der Waals surface area contributed by atoms with Gasteiger partial charge in [0, 0.05) is 46.8 Å². The Morgan fingerprint density at radius 3 is 2.50 bits per heavy atom. The van der Waals surface area contributed by atoms with Crippen molar-refractivity contribution < 1.29 is 13.9 Å². The smallest absolute Gasteiger partial charge is 0.226 e. The Hall–Kier alpha value is -3.72. The molecule has 254 valence electrons. The molecular formula is C37H57FN6O2. The topological polar surface area (TPSA) is 131 Å². The summed E-state index contributed by atoms with van der Waals surface area (Å²) in [6.45, 7) is 17.7. The molecule has 1 amide bonds. The molecule has 1 aliphatic carbocycles. The van der Waals surface area contributed by atoms with Gasteiger partial charge in [0.1, 0.15) is 5.83 Å². The molecule has 1 aromatic carbocycles. The molecule has 1 saturated carbocycles. The molecule has 1 aromatic heterocycles. The van der Waals surface area contributed by atoms with Crippen molar-refractivity contribution in [2.75, 3.05) is 7.11 Å². The average Bonchev–Trinajstić information content (AvgIpc) is 3.53. The molecule has 8 nitrogen and oxygen atoms in total. The van der Waals surface area contributed by atoms with Crippen molar-refractivity contribution in [3.05, 3.63) is 70.0 Å². The highest BCUT2D eigenvalue weighted by atomic mass is 19.1. The number of nitrogens with one attached hydrogen (secondary N) is 2. The molecule has 0 saturated heterocycles. The van der Waals surface area contributed by atoms with Crippen LogP contribution in [0.4, 0.5) is 4.39 Å². The van der Waals surface area contributed by atoms with E-state index < -0.39 is 11.8 Å². The molecule has 0 aliphatic heterocycles. The number of fused-ring (bicyclic) bond motifs is 1. The summed E-state index contributed by atoms with van der Waals surface area (Å²) in [6, 6.07) is 4.02. The molecule has 1 aliphatic rings. The Balaban J connectivity index is 0.00000173. The van der Waals surface area contributed by atoms with Gasteiger partial charge in [-0.25, -0.2) is 4.39 Å². The predicted molar refractivity (Wildman–Crippen MR) is 191 cm³/mol. The second-order valence-corrected chi connectivity index (χ2v) is 12.5. The van der Waals surface area contributed by atoms with Crippen molar-refractivity contribution in [1.29, 1.82) is 0 Å². The summed E-state index contributed by atoms with van der Waals surface area (Å²) in [7, 11) is 1.76. The maximum Gasteiger partial charge on any atom is 0.226 e. The SMILES string of the molecule is CCCC.C\C=C(F)/C=C(C(\N[C@H]1CCCC(C)(OC)C1)=C(/C)CC)/C(C)=N/C(=C(/N)C(C)C(N)=O)c1c(C)ccc2[nH]ncc12. The molecule has 1 heterocycles. The summed E-state index contributed by atoms with van der Waals surface area (Å²) in [5, 5.41) is 11.8.